The molecule has 0 bridgehead atoms. The van der Waals surface area contributed by atoms with Crippen LogP contribution in [0, 0.1) is 5.82 Å². The molecule has 30 heavy (non-hydrogen) atoms. The average Bonchev–Trinajstić information content (AvgIpc) is 2.73. The molecule has 158 valence electrons. The number of benzene rings is 1. The van der Waals surface area contributed by atoms with Gasteiger partial charge in [-0.2, -0.15) is 8.78 Å². The molecule has 3 aromatic rings. The zero-order chi connectivity index (χ0) is 21.7. The monoisotopic (exact) mass is 414 g/mol. The van der Waals surface area contributed by atoms with Crippen LogP contribution in [-0.2, 0) is 23.5 Å². The number of aromatic nitrogens is 2. The third-order valence-electron chi connectivity index (χ3n) is 4.80. The minimum absolute atomic E-state index is 0.275. The lowest BCUT2D eigenvalue weighted by Gasteiger charge is -2.18. The Bertz CT molecular complexity index is 988. The van der Waals surface area contributed by atoms with Crippen LogP contribution >= 0.6 is 0 Å². The topological polar surface area (TPSA) is 35.0 Å². The summed E-state index contributed by atoms with van der Waals surface area (Å²) in [5, 5.41) is 0. The van der Waals surface area contributed by atoms with Crippen molar-refractivity contribution in [2.24, 2.45) is 0 Å². The Labute approximate surface area is 175 Å². The fraction of sp³-hybridized carbons (Fsp3) is 0.333. The molecular weight excluding hydrogens is 389 g/mol. The van der Waals surface area contributed by atoms with Crippen molar-refractivity contribution in [3.05, 3.63) is 83.2 Å². The van der Waals surface area contributed by atoms with Gasteiger partial charge in [0.25, 0.3) is 0 Å². The average molecular weight is 414 g/mol. The third-order valence-corrected chi connectivity index (χ3v) is 4.80. The van der Waals surface area contributed by atoms with Crippen molar-refractivity contribution in [1.82, 2.24) is 9.97 Å². The van der Waals surface area contributed by atoms with Gasteiger partial charge < -0.3 is 4.74 Å². The Hall–Kier alpha value is -2.73. The fourth-order valence-corrected chi connectivity index (χ4v) is 3.23. The summed E-state index contributed by atoms with van der Waals surface area (Å²) in [5.41, 5.74) is 3.93. The first kappa shape index (κ1) is 22.0. The number of hydrogen-bond donors (Lipinski definition) is 0. The largest absolute Gasteiger partial charge is 0.372 e. The molecule has 0 aliphatic carbocycles. The van der Waals surface area contributed by atoms with Crippen molar-refractivity contribution >= 4 is 0 Å². The van der Waals surface area contributed by atoms with Gasteiger partial charge in [0.1, 0.15) is 18.1 Å². The maximum Gasteiger partial charge on any atom is 0.312 e. The molecule has 0 unspecified atom stereocenters. The Morgan fingerprint density at radius 1 is 1.03 bits per heavy atom. The van der Waals surface area contributed by atoms with Crippen LogP contribution in [0.15, 0.2) is 54.9 Å². The first-order chi connectivity index (χ1) is 14.3. The number of rotatable bonds is 8. The lowest BCUT2D eigenvalue weighted by Crippen LogP contribution is -2.24. The second-order valence-electron chi connectivity index (χ2n) is 7.45. The van der Waals surface area contributed by atoms with Gasteiger partial charge in [0.15, 0.2) is 0 Å². The van der Waals surface area contributed by atoms with Crippen LogP contribution in [0.2, 0.25) is 0 Å². The van der Waals surface area contributed by atoms with Crippen molar-refractivity contribution in [3.8, 4) is 11.1 Å². The molecule has 0 spiro atoms. The zero-order valence-electron chi connectivity index (χ0n) is 17.3. The summed E-state index contributed by atoms with van der Waals surface area (Å²) in [4.78, 5) is 8.44. The molecule has 6 heteroatoms. The molecule has 0 aliphatic rings. The van der Waals surface area contributed by atoms with Crippen LogP contribution in [0.25, 0.3) is 11.1 Å². The van der Waals surface area contributed by atoms with Crippen molar-refractivity contribution < 1.29 is 17.9 Å². The van der Waals surface area contributed by atoms with Gasteiger partial charge in [-0.05, 0) is 61.2 Å². The number of alkyl halides is 2. The van der Waals surface area contributed by atoms with Crippen LogP contribution in [0.4, 0.5) is 13.2 Å². The molecule has 0 N–H and O–H groups in total. The van der Waals surface area contributed by atoms with E-state index in [1.54, 1.807) is 32.2 Å². The number of nitrogens with zero attached hydrogens (tertiary/aromatic N) is 2. The summed E-state index contributed by atoms with van der Waals surface area (Å²) < 4.78 is 47.2. The van der Waals surface area contributed by atoms with Crippen LogP contribution < -0.4 is 0 Å². The van der Waals surface area contributed by atoms with Gasteiger partial charge in [-0.3, -0.25) is 9.97 Å². The van der Waals surface area contributed by atoms with Crippen molar-refractivity contribution in [3.63, 3.8) is 0 Å². The van der Waals surface area contributed by atoms with E-state index in [0.29, 0.717) is 12.8 Å². The molecule has 2 heterocycles. The number of halogens is 3. The maximum atomic E-state index is 14.2. The van der Waals surface area contributed by atoms with E-state index < -0.39 is 12.5 Å². The molecule has 2 aromatic heterocycles. The summed E-state index contributed by atoms with van der Waals surface area (Å²) in [6, 6.07) is 11.5. The molecule has 3 rings (SSSR count). The highest BCUT2D eigenvalue weighted by atomic mass is 19.3. The Morgan fingerprint density at radius 3 is 2.50 bits per heavy atom. The molecular formula is C24H25F3N2O. The predicted molar refractivity (Wildman–Crippen MR) is 111 cm³/mol. The standard InChI is InChI=1S/C24H25F3N2O/c1-4-18-13-19(25)8-9-20(18)21-6-5-11-28-22(21)12-17-7-10-23(29-14-17)24(26,27)15-30-16(2)3/h5-11,13-14,16H,4,12,15H2,1-3H3. The number of hydrogen-bond acceptors (Lipinski definition) is 3. The number of pyridine rings is 2. The van der Waals surface area contributed by atoms with Gasteiger partial charge in [0.2, 0.25) is 0 Å². The van der Waals surface area contributed by atoms with E-state index in [-0.39, 0.29) is 17.6 Å². The van der Waals surface area contributed by atoms with E-state index in [0.717, 1.165) is 27.9 Å². The second kappa shape index (κ2) is 9.39. The summed E-state index contributed by atoms with van der Waals surface area (Å²) in [6.07, 6.45) is 3.97. The van der Waals surface area contributed by atoms with E-state index in [2.05, 4.69) is 9.97 Å². The number of ether oxygens (including phenoxy) is 1. The highest BCUT2D eigenvalue weighted by molar-refractivity contribution is 5.70. The van der Waals surface area contributed by atoms with E-state index in [1.165, 1.54) is 24.4 Å². The third kappa shape index (κ3) is 5.25. The fourth-order valence-electron chi connectivity index (χ4n) is 3.23. The molecule has 0 saturated heterocycles. The Kier molecular flexibility index (Phi) is 6.87. The van der Waals surface area contributed by atoms with Crippen LogP contribution in [0.5, 0.6) is 0 Å². The molecule has 0 aliphatic heterocycles. The summed E-state index contributed by atoms with van der Waals surface area (Å²) >= 11 is 0. The van der Waals surface area contributed by atoms with E-state index in [4.69, 9.17) is 4.74 Å². The Balaban J connectivity index is 1.85. The summed E-state index contributed by atoms with van der Waals surface area (Å²) in [5.74, 6) is -3.42. The van der Waals surface area contributed by atoms with Crippen molar-refractivity contribution in [2.45, 2.75) is 45.6 Å². The molecule has 0 amide bonds. The summed E-state index contributed by atoms with van der Waals surface area (Å²) in [7, 11) is 0. The molecule has 1 aromatic carbocycles. The quantitative estimate of drug-likeness (QED) is 0.457. The SMILES string of the molecule is CCc1cc(F)ccc1-c1cccnc1Cc1ccc(C(F)(F)COC(C)C)nc1. The zero-order valence-corrected chi connectivity index (χ0v) is 17.3. The Morgan fingerprint density at radius 2 is 1.83 bits per heavy atom. The van der Waals surface area contributed by atoms with Gasteiger partial charge in [0.05, 0.1) is 11.8 Å². The first-order valence-electron chi connectivity index (χ1n) is 9.97. The molecule has 3 nitrogen and oxygen atoms in total. The highest BCUT2D eigenvalue weighted by Gasteiger charge is 2.34. The van der Waals surface area contributed by atoms with E-state index >= 15 is 0 Å². The minimum Gasteiger partial charge on any atom is -0.372 e. The predicted octanol–water partition coefficient (Wildman–Crippen LogP) is 5.95. The van der Waals surface area contributed by atoms with Crippen LogP contribution in [-0.4, -0.2) is 22.7 Å². The maximum absolute atomic E-state index is 14.2. The van der Waals surface area contributed by atoms with Gasteiger partial charge in [-0.1, -0.05) is 25.1 Å². The van der Waals surface area contributed by atoms with E-state index in [9.17, 15) is 13.2 Å². The van der Waals surface area contributed by atoms with Crippen LogP contribution in [0.1, 0.15) is 43.3 Å². The molecule has 0 saturated carbocycles. The molecule has 0 radical (unpaired) electrons. The highest BCUT2D eigenvalue weighted by Crippen LogP contribution is 2.30. The van der Waals surface area contributed by atoms with Gasteiger partial charge in [-0.25, -0.2) is 4.39 Å². The lowest BCUT2D eigenvalue weighted by atomic mass is 9.94. The van der Waals surface area contributed by atoms with Gasteiger partial charge in [-0.15, -0.1) is 0 Å². The summed E-state index contributed by atoms with van der Waals surface area (Å²) in [6.45, 7) is 4.69. The van der Waals surface area contributed by atoms with E-state index in [1.807, 2.05) is 19.1 Å². The second-order valence-corrected chi connectivity index (χ2v) is 7.45. The lowest BCUT2D eigenvalue weighted by molar-refractivity contribution is -0.100. The number of aryl methyl sites for hydroxylation is 1. The van der Waals surface area contributed by atoms with Crippen molar-refractivity contribution in [1.29, 1.82) is 0 Å². The van der Waals surface area contributed by atoms with Gasteiger partial charge >= 0.3 is 5.92 Å². The molecule has 0 fully saturated rings. The van der Waals surface area contributed by atoms with Crippen LogP contribution in [0.3, 0.4) is 0 Å². The molecule has 0 atom stereocenters. The van der Waals surface area contributed by atoms with Crippen molar-refractivity contribution in [2.75, 3.05) is 6.61 Å². The van der Waals surface area contributed by atoms with Gasteiger partial charge in [0, 0.05) is 24.4 Å². The normalized spacial score (nSPS) is 11.8. The smallest absolute Gasteiger partial charge is 0.312 e. The minimum atomic E-state index is -3.15. The first-order valence-corrected chi connectivity index (χ1v) is 9.97.